The third kappa shape index (κ3) is 2.74. The monoisotopic (exact) mass is 318 g/mol. The van der Waals surface area contributed by atoms with E-state index < -0.39 is 28.3 Å². The number of thiol groups is 1. The molecule has 0 fully saturated rings. The van der Waals surface area contributed by atoms with E-state index in [0.29, 0.717) is 14.7 Å². The molecule has 0 spiro atoms. The van der Waals surface area contributed by atoms with Crippen molar-refractivity contribution in [2.24, 2.45) is 0 Å². The summed E-state index contributed by atoms with van der Waals surface area (Å²) in [7, 11) is -1.63. The van der Waals surface area contributed by atoms with Crippen LogP contribution >= 0.6 is 10.9 Å². The van der Waals surface area contributed by atoms with Crippen molar-refractivity contribution in [3.05, 3.63) is 90.2 Å². The van der Waals surface area contributed by atoms with Crippen LogP contribution in [0.5, 0.6) is 0 Å². The van der Waals surface area contributed by atoms with Gasteiger partial charge in [-0.2, -0.15) is 10.9 Å². The summed E-state index contributed by atoms with van der Waals surface area (Å²) in [5, 5.41) is 0. The van der Waals surface area contributed by atoms with Crippen LogP contribution in [0, 0.1) is 17.5 Å². The van der Waals surface area contributed by atoms with E-state index in [1.165, 1.54) is 18.2 Å². The zero-order valence-electron chi connectivity index (χ0n) is 11.5. The number of hydrogen-bond donors (Lipinski definition) is 1. The summed E-state index contributed by atoms with van der Waals surface area (Å²) in [6, 6.07) is 18.4. The Morgan fingerprint density at radius 2 is 0.727 bits per heavy atom. The van der Waals surface area contributed by atoms with Crippen LogP contribution < -0.4 is 0 Å². The van der Waals surface area contributed by atoms with Crippen molar-refractivity contribution in [1.29, 1.82) is 0 Å². The number of halogens is 3. The first-order valence-corrected chi connectivity index (χ1v) is 8.06. The molecule has 0 aromatic heterocycles. The highest BCUT2D eigenvalue weighted by atomic mass is 32.2. The van der Waals surface area contributed by atoms with Crippen LogP contribution in [-0.4, -0.2) is 0 Å². The Balaban J connectivity index is 2.27. The lowest BCUT2D eigenvalue weighted by atomic mass is 10.3. The molecule has 22 heavy (non-hydrogen) atoms. The van der Waals surface area contributed by atoms with E-state index in [2.05, 4.69) is 0 Å². The molecule has 0 atom stereocenters. The minimum Gasteiger partial charge on any atom is -0.206 e. The third-order valence-electron chi connectivity index (χ3n) is 3.28. The summed E-state index contributed by atoms with van der Waals surface area (Å²) in [6.45, 7) is 0. The Morgan fingerprint density at radius 1 is 0.455 bits per heavy atom. The van der Waals surface area contributed by atoms with E-state index in [-0.39, 0.29) is 0 Å². The fraction of sp³-hybridized carbons (Fsp3) is 0. The summed E-state index contributed by atoms with van der Waals surface area (Å²) in [4.78, 5) is 0.938. The zero-order chi connectivity index (χ0) is 15.5. The lowest BCUT2D eigenvalue weighted by Crippen LogP contribution is -1.96. The zero-order valence-corrected chi connectivity index (χ0v) is 12.4. The molecule has 3 rings (SSSR count). The predicted octanol–water partition coefficient (Wildman–Crippen LogP) is 5.58. The second-order valence-electron chi connectivity index (χ2n) is 4.69. The molecule has 4 heteroatoms. The predicted molar refractivity (Wildman–Crippen MR) is 83.0 cm³/mol. The van der Waals surface area contributed by atoms with Gasteiger partial charge >= 0.3 is 0 Å². The van der Waals surface area contributed by atoms with Gasteiger partial charge in [-0.3, -0.25) is 0 Å². The van der Waals surface area contributed by atoms with Gasteiger partial charge in [-0.15, -0.1) is 0 Å². The number of hydrogen-bond acceptors (Lipinski definition) is 0. The molecule has 0 amide bonds. The molecular formula is C18H13F3S. The Bertz CT molecular complexity index is 693. The number of rotatable bonds is 3. The van der Waals surface area contributed by atoms with Gasteiger partial charge in [-0.05, 0) is 36.4 Å². The molecule has 3 aromatic carbocycles. The normalized spacial score (nSPS) is 11.3. The SMILES string of the molecule is Fc1ccccc1[SH](c1ccccc1F)c1ccccc1F. The molecule has 0 aliphatic heterocycles. The molecule has 0 N–H and O–H groups in total. The molecule has 0 bridgehead atoms. The summed E-state index contributed by atoms with van der Waals surface area (Å²) in [5.74, 6) is -1.37. The maximum atomic E-state index is 14.2. The number of benzene rings is 3. The van der Waals surface area contributed by atoms with Gasteiger partial charge in [-0.25, -0.2) is 13.2 Å². The standard InChI is InChI=1S/C18H13F3S/c19-13-7-1-4-10-16(13)22(17-11-5-2-8-14(17)20)18-12-6-3-9-15(18)21/h1-12,22H. The second kappa shape index (κ2) is 6.28. The minimum absolute atomic E-state index is 0.313. The summed E-state index contributed by atoms with van der Waals surface area (Å²) >= 11 is 0. The van der Waals surface area contributed by atoms with Crippen molar-refractivity contribution < 1.29 is 13.2 Å². The van der Waals surface area contributed by atoms with E-state index in [9.17, 15) is 13.2 Å². The minimum atomic E-state index is -1.63. The highest BCUT2D eigenvalue weighted by Crippen LogP contribution is 2.53. The second-order valence-corrected chi connectivity index (χ2v) is 6.81. The molecule has 0 saturated heterocycles. The van der Waals surface area contributed by atoms with Gasteiger partial charge in [0.2, 0.25) is 0 Å². The van der Waals surface area contributed by atoms with Crippen molar-refractivity contribution in [3.8, 4) is 0 Å². The summed E-state index contributed by atoms with van der Waals surface area (Å²) in [5.41, 5.74) is 0. The maximum Gasteiger partial charge on any atom is 0.135 e. The molecule has 0 radical (unpaired) electrons. The molecule has 0 aliphatic rings. The van der Waals surface area contributed by atoms with Gasteiger partial charge in [0.1, 0.15) is 17.5 Å². The first kappa shape index (κ1) is 14.7. The lowest BCUT2D eigenvalue weighted by molar-refractivity contribution is 0.587. The molecule has 0 aliphatic carbocycles. The van der Waals surface area contributed by atoms with Gasteiger partial charge in [0.05, 0.1) is 0 Å². The van der Waals surface area contributed by atoms with E-state index >= 15 is 0 Å². The fourth-order valence-electron chi connectivity index (χ4n) is 2.29. The Hall–Kier alpha value is -2.20. The van der Waals surface area contributed by atoms with E-state index in [4.69, 9.17) is 0 Å². The molecular weight excluding hydrogens is 305 g/mol. The highest BCUT2D eigenvalue weighted by molar-refractivity contribution is 8.17. The first-order chi connectivity index (χ1) is 10.7. The van der Waals surface area contributed by atoms with Crippen LogP contribution in [0.4, 0.5) is 13.2 Å². The lowest BCUT2D eigenvalue weighted by Gasteiger charge is -2.24. The van der Waals surface area contributed by atoms with Crippen LogP contribution in [0.2, 0.25) is 0 Å². The van der Waals surface area contributed by atoms with Crippen LogP contribution in [-0.2, 0) is 0 Å². The van der Waals surface area contributed by atoms with Gasteiger partial charge in [0.15, 0.2) is 0 Å². The van der Waals surface area contributed by atoms with Crippen LogP contribution in [0.1, 0.15) is 0 Å². The van der Waals surface area contributed by atoms with E-state index in [1.54, 1.807) is 54.6 Å². The van der Waals surface area contributed by atoms with Crippen molar-refractivity contribution in [1.82, 2.24) is 0 Å². The molecule has 3 aromatic rings. The maximum absolute atomic E-state index is 14.2. The summed E-state index contributed by atoms with van der Waals surface area (Å²) < 4.78 is 42.7. The van der Waals surface area contributed by atoms with E-state index in [0.717, 1.165) is 0 Å². The Labute approximate surface area is 129 Å². The Kier molecular flexibility index (Phi) is 4.20. The van der Waals surface area contributed by atoms with Crippen molar-refractivity contribution in [2.75, 3.05) is 0 Å². The molecule has 0 unspecified atom stereocenters. The highest BCUT2D eigenvalue weighted by Gasteiger charge is 2.21. The van der Waals surface area contributed by atoms with Crippen LogP contribution in [0.15, 0.2) is 87.5 Å². The third-order valence-corrected chi connectivity index (χ3v) is 5.81. The van der Waals surface area contributed by atoms with Crippen molar-refractivity contribution >= 4 is 10.9 Å². The van der Waals surface area contributed by atoms with Gasteiger partial charge in [0, 0.05) is 14.7 Å². The van der Waals surface area contributed by atoms with Crippen molar-refractivity contribution in [2.45, 2.75) is 14.7 Å². The van der Waals surface area contributed by atoms with Crippen LogP contribution in [0.3, 0.4) is 0 Å². The van der Waals surface area contributed by atoms with Gasteiger partial charge < -0.3 is 0 Å². The van der Waals surface area contributed by atoms with E-state index in [1.807, 2.05) is 0 Å². The summed E-state index contributed by atoms with van der Waals surface area (Å²) in [6.07, 6.45) is 0. The molecule has 112 valence electrons. The fourth-order valence-corrected chi connectivity index (χ4v) is 4.64. The molecule has 0 heterocycles. The smallest absolute Gasteiger partial charge is 0.135 e. The van der Waals surface area contributed by atoms with Gasteiger partial charge in [0.25, 0.3) is 0 Å². The largest absolute Gasteiger partial charge is 0.206 e. The molecule has 0 saturated carbocycles. The van der Waals surface area contributed by atoms with Gasteiger partial charge in [-0.1, -0.05) is 36.4 Å². The molecule has 0 nitrogen and oxygen atoms in total. The average molecular weight is 318 g/mol. The first-order valence-electron chi connectivity index (χ1n) is 6.72. The average Bonchev–Trinajstić information content (AvgIpc) is 2.53. The quantitative estimate of drug-likeness (QED) is 0.599. The van der Waals surface area contributed by atoms with Crippen LogP contribution in [0.25, 0.3) is 0 Å². The Morgan fingerprint density at radius 3 is 1.00 bits per heavy atom. The topological polar surface area (TPSA) is 0 Å². The van der Waals surface area contributed by atoms with Crippen molar-refractivity contribution in [3.63, 3.8) is 0 Å².